The first-order valence-electron chi connectivity index (χ1n) is 9.69. The summed E-state index contributed by atoms with van der Waals surface area (Å²) >= 11 is 5.88. The molecule has 0 aliphatic carbocycles. The van der Waals surface area contributed by atoms with Crippen molar-refractivity contribution in [2.45, 2.75) is 12.3 Å². The maximum atomic E-state index is 13.1. The molecule has 1 aliphatic rings. The number of piperazine rings is 1. The number of sulfonamides is 1. The number of benzene rings is 1. The van der Waals surface area contributed by atoms with E-state index in [0.717, 1.165) is 11.4 Å². The van der Waals surface area contributed by atoms with Crippen molar-refractivity contribution in [1.29, 1.82) is 0 Å². The first-order valence-corrected chi connectivity index (χ1v) is 11.7. The van der Waals surface area contributed by atoms with Crippen molar-refractivity contribution >= 4 is 33.9 Å². The molecule has 1 fully saturated rings. The van der Waals surface area contributed by atoms with Gasteiger partial charge in [0.15, 0.2) is 0 Å². The third-order valence-corrected chi connectivity index (χ3v) is 7.38. The van der Waals surface area contributed by atoms with Crippen LogP contribution in [0.5, 0.6) is 0 Å². The lowest BCUT2D eigenvalue weighted by Gasteiger charge is -2.35. The highest BCUT2D eigenvalue weighted by Crippen LogP contribution is 2.25. The zero-order valence-electron chi connectivity index (χ0n) is 16.5. The summed E-state index contributed by atoms with van der Waals surface area (Å²) in [4.78, 5) is 17.0. The van der Waals surface area contributed by atoms with Crippen LogP contribution in [-0.4, -0.2) is 72.9 Å². The maximum Gasteiger partial charge on any atom is 0.233 e. The Labute approximate surface area is 181 Å². The molecule has 1 aromatic heterocycles. The van der Waals surface area contributed by atoms with Crippen LogP contribution >= 0.6 is 11.6 Å². The van der Waals surface area contributed by atoms with E-state index in [1.807, 2.05) is 41.3 Å². The number of anilines is 1. The van der Waals surface area contributed by atoms with Gasteiger partial charge in [-0.1, -0.05) is 41.9 Å². The Morgan fingerprint density at radius 1 is 1.13 bits per heavy atom. The molecule has 8 nitrogen and oxygen atoms in total. The Bertz CT molecular complexity index is 920. The van der Waals surface area contributed by atoms with E-state index in [9.17, 15) is 18.4 Å². The minimum atomic E-state index is -3.52. The van der Waals surface area contributed by atoms with E-state index < -0.39 is 10.0 Å². The number of carbonyl (C=O) groups is 1. The van der Waals surface area contributed by atoms with E-state index in [2.05, 4.69) is 4.98 Å². The number of rotatable bonds is 9. The minimum absolute atomic E-state index is 0.0641. The second kappa shape index (κ2) is 10.2. The molecule has 1 amide bonds. The minimum Gasteiger partial charge on any atom is -0.354 e. The van der Waals surface area contributed by atoms with Gasteiger partial charge in [-0.2, -0.15) is 4.31 Å². The van der Waals surface area contributed by atoms with Gasteiger partial charge in [-0.25, -0.2) is 18.5 Å². The molecular weight excluding hydrogens is 428 g/mol. The fourth-order valence-corrected chi connectivity index (χ4v) is 5.43. The molecule has 1 aliphatic heterocycles. The zero-order valence-corrected chi connectivity index (χ0v) is 18.0. The number of nitrogens with zero attached hydrogens (tertiary/aromatic N) is 4. The number of carbonyl (C=O) groups excluding carboxylic acids is 1. The summed E-state index contributed by atoms with van der Waals surface area (Å²) in [6.07, 6.45) is 2.24. The molecule has 30 heavy (non-hydrogen) atoms. The number of amides is 1. The van der Waals surface area contributed by atoms with E-state index in [1.54, 1.807) is 12.3 Å². The van der Waals surface area contributed by atoms with Gasteiger partial charge >= 0.3 is 0 Å². The number of aromatic nitrogens is 1. The summed E-state index contributed by atoms with van der Waals surface area (Å²) in [5, 5.41) is 10.5. The Balaban J connectivity index is 1.65. The first-order chi connectivity index (χ1) is 14.4. The van der Waals surface area contributed by atoms with Gasteiger partial charge in [-0.3, -0.25) is 10.0 Å². The van der Waals surface area contributed by atoms with Crippen molar-refractivity contribution in [3.63, 3.8) is 0 Å². The topological polar surface area (TPSA) is 94.0 Å². The van der Waals surface area contributed by atoms with Gasteiger partial charge < -0.3 is 4.90 Å². The lowest BCUT2D eigenvalue weighted by atomic mass is 9.98. The quantitative estimate of drug-likeness (QED) is 0.356. The molecule has 2 heterocycles. The molecule has 1 aromatic carbocycles. The molecule has 10 heteroatoms. The largest absolute Gasteiger partial charge is 0.354 e. The Morgan fingerprint density at radius 3 is 2.43 bits per heavy atom. The highest BCUT2D eigenvalue weighted by molar-refractivity contribution is 7.89. The molecule has 0 bridgehead atoms. The molecule has 3 rings (SSSR count). The second-order valence-corrected chi connectivity index (χ2v) is 9.61. The molecule has 2 aromatic rings. The predicted molar refractivity (Wildman–Crippen MR) is 115 cm³/mol. The predicted octanol–water partition coefficient (Wildman–Crippen LogP) is 2.21. The lowest BCUT2D eigenvalue weighted by molar-refractivity contribution is -0.149. The van der Waals surface area contributed by atoms with Gasteiger partial charge in [0, 0.05) is 44.8 Å². The molecule has 162 valence electrons. The van der Waals surface area contributed by atoms with Crippen molar-refractivity contribution in [2.24, 2.45) is 0 Å². The molecule has 1 atom stereocenters. The Kier molecular flexibility index (Phi) is 7.65. The lowest BCUT2D eigenvalue weighted by Crippen LogP contribution is -2.50. The first kappa shape index (κ1) is 22.5. The van der Waals surface area contributed by atoms with Crippen LogP contribution in [0, 0.1) is 0 Å². The van der Waals surface area contributed by atoms with Crippen molar-refractivity contribution in [3.05, 3.63) is 59.2 Å². The van der Waals surface area contributed by atoms with Crippen molar-refractivity contribution in [3.8, 4) is 0 Å². The van der Waals surface area contributed by atoms with Gasteiger partial charge in [0.05, 0.1) is 10.8 Å². The van der Waals surface area contributed by atoms with Crippen molar-refractivity contribution in [2.75, 3.05) is 43.4 Å². The molecule has 0 radical (unpaired) electrons. The van der Waals surface area contributed by atoms with Crippen LogP contribution in [0.25, 0.3) is 0 Å². The van der Waals surface area contributed by atoms with E-state index in [1.165, 1.54) is 4.31 Å². The highest BCUT2D eigenvalue weighted by Gasteiger charge is 2.30. The van der Waals surface area contributed by atoms with E-state index in [-0.39, 0.29) is 18.2 Å². The van der Waals surface area contributed by atoms with Gasteiger partial charge in [0.25, 0.3) is 0 Å². The maximum absolute atomic E-state index is 13.1. The third-order valence-electron chi connectivity index (χ3n) is 5.18. The Morgan fingerprint density at radius 2 is 1.83 bits per heavy atom. The monoisotopic (exact) mass is 452 g/mol. The van der Waals surface area contributed by atoms with Crippen LogP contribution in [0.1, 0.15) is 17.9 Å². The van der Waals surface area contributed by atoms with Crippen LogP contribution in [0.3, 0.4) is 0 Å². The summed E-state index contributed by atoms with van der Waals surface area (Å²) in [6.45, 7) is 1.89. The van der Waals surface area contributed by atoms with Crippen LogP contribution in [0.4, 0.5) is 5.82 Å². The zero-order chi connectivity index (χ0) is 21.6. The summed E-state index contributed by atoms with van der Waals surface area (Å²) in [7, 11) is -3.52. The van der Waals surface area contributed by atoms with Gasteiger partial charge in [0.1, 0.15) is 5.82 Å². The fraction of sp³-hybridized carbons (Fsp3) is 0.400. The second-order valence-electron chi connectivity index (χ2n) is 7.16. The molecule has 1 unspecified atom stereocenters. The van der Waals surface area contributed by atoms with Gasteiger partial charge in [-0.15, -0.1) is 0 Å². The molecule has 0 spiro atoms. The summed E-state index contributed by atoms with van der Waals surface area (Å²) < 4.78 is 27.7. The summed E-state index contributed by atoms with van der Waals surface area (Å²) in [5.41, 5.74) is 0.865. The van der Waals surface area contributed by atoms with Crippen LogP contribution < -0.4 is 4.90 Å². The molecule has 1 N–H and O–H groups in total. The van der Waals surface area contributed by atoms with Crippen LogP contribution in [0.15, 0.2) is 48.7 Å². The fourth-order valence-electron chi connectivity index (χ4n) is 3.52. The number of hydroxylamine groups is 2. The van der Waals surface area contributed by atoms with E-state index >= 15 is 0 Å². The SMILES string of the molecule is O=CN(O)CCC(CS(=O)(=O)N1CCN(c2ccc(Cl)cn2)CC1)c1ccccc1. The Hall–Kier alpha value is -2.20. The average Bonchev–Trinajstić information content (AvgIpc) is 2.77. The average molecular weight is 453 g/mol. The number of pyridine rings is 1. The smallest absolute Gasteiger partial charge is 0.233 e. The van der Waals surface area contributed by atoms with Crippen molar-refractivity contribution in [1.82, 2.24) is 14.4 Å². The van der Waals surface area contributed by atoms with Crippen LogP contribution in [-0.2, 0) is 14.8 Å². The van der Waals surface area contributed by atoms with Gasteiger partial charge in [-0.05, 0) is 24.1 Å². The number of halogens is 1. The highest BCUT2D eigenvalue weighted by atomic mass is 35.5. The van der Waals surface area contributed by atoms with Crippen molar-refractivity contribution < 1.29 is 18.4 Å². The number of hydrogen-bond donors (Lipinski definition) is 1. The van der Waals surface area contributed by atoms with E-state index in [0.29, 0.717) is 49.1 Å². The molecule has 1 saturated heterocycles. The molecular formula is C20H25ClN4O4S. The van der Waals surface area contributed by atoms with Crippen LogP contribution in [0.2, 0.25) is 5.02 Å². The number of hydrogen-bond acceptors (Lipinski definition) is 6. The standard InChI is InChI=1S/C20H25ClN4O4S/c21-19-6-7-20(22-14-19)23-10-12-25(13-11-23)30(28,29)15-18(8-9-24(27)16-26)17-4-2-1-3-5-17/h1-7,14,16,18,27H,8-13,15H2. The summed E-state index contributed by atoms with van der Waals surface area (Å²) in [6, 6.07) is 12.9. The third kappa shape index (κ3) is 5.91. The van der Waals surface area contributed by atoms with Gasteiger partial charge in [0.2, 0.25) is 16.4 Å². The molecule has 0 saturated carbocycles. The van der Waals surface area contributed by atoms with E-state index in [4.69, 9.17) is 11.6 Å². The summed E-state index contributed by atoms with van der Waals surface area (Å²) in [5.74, 6) is 0.361. The normalized spacial score (nSPS) is 16.3.